The lowest BCUT2D eigenvalue weighted by molar-refractivity contribution is 0.00830. The summed E-state index contributed by atoms with van der Waals surface area (Å²) in [5.74, 6) is -6.86. The number of halogens is 4. The van der Waals surface area contributed by atoms with Crippen molar-refractivity contribution in [1.29, 1.82) is 0 Å². The molecule has 0 aliphatic heterocycles. The Kier molecular flexibility index (Phi) is 8.01. The molecule has 0 radical (unpaired) electrons. The molecule has 3 fully saturated rings. The molecule has 3 aliphatic carbocycles. The van der Waals surface area contributed by atoms with Crippen LogP contribution in [-0.4, -0.2) is 35.4 Å². The number of carboxylic acids is 1. The van der Waals surface area contributed by atoms with Crippen LogP contribution in [0.4, 0.5) is 17.6 Å². The third kappa shape index (κ3) is 6.09. The number of esters is 1. The minimum absolute atomic E-state index is 0.00786. The SMILES string of the molecule is O=C(O)c1cc(OC2CCC2)cc(F)c1F.O=C(OC1CCC1)c1cc(OC2CCC2)cc(F)c1F. The molecule has 36 heavy (non-hydrogen) atoms. The van der Waals surface area contributed by atoms with Crippen LogP contribution in [0, 0.1) is 23.3 Å². The summed E-state index contributed by atoms with van der Waals surface area (Å²) in [4.78, 5) is 22.5. The van der Waals surface area contributed by atoms with Crippen LogP contribution in [-0.2, 0) is 4.74 Å². The van der Waals surface area contributed by atoms with Crippen LogP contribution >= 0.6 is 0 Å². The van der Waals surface area contributed by atoms with E-state index in [1.54, 1.807) is 0 Å². The number of carbonyl (C=O) groups is 2. The maximum absolute atomic E-state index is 13.7. The molecule has 5 rings (SSSR count). The first-order valence-electron chi connectivity index (χ1n) is 12.0. The Hall–Kier alpha value is -3.30. The average molecular weight is 510 g/mol. The van der Waals surface area contributed by atoms with E-state index in [-0.39, 0.29) is 35.4 Å². The Balaban J connectivity index is 0.000000174. The molecule has 0 atom stereocenters. The number of benzene rings is 2. The number of hydrogen-bond donors (Lipinski definition) is 1. The van der Waals surface area contributed by atoms with Gasteiger partial charge in [0.15, 0.2) is 23.3 Å². The van der Waals surface area contributed by atoms with Gasteiger partial charge in [-0.25, -0.2) is 27.2 Å². The molecule has 0 bridgehead atoms. The molecule has 0 aromatic heterocycles. The first-order chi connectivity index (χ1) is 17.2. The van der Waals surface area contributed by atoms with E-state index in [0.29, 0.717) is 0 Å². The molecule has 6 nitrogen and oxygen atoms in total. The predicted octanol–water partition coefficient (Wildman–Crippen LogP) is 6.20. The van der Waals surface area contributed by atoms with Crippen LogP contribution in [0.2, 0.25) is 0 Å². The quantitative estimate of drug-likeness (QED) is 0.353. The van der Waals surface area contributed by atoms with E-state index in [0.717, 1.165) is 76.0 Å². The highest BCUT2D eigenvalue weighted by Gasteiger charge is 2.27. The fraction of sp³-hybridized carbons (Fsp3) is 0.462. The van der Waals surface area contributed by atoms with Gasteiger partial charge in [0.05, 0.1) is 12.2 Å². The second-order valence-electron chi connectivity index (χ2n) is 9.14. The van der Waals surface area contributed by atoms with Crippen molar-refractivity contribution >= 4 is 11.9 Å². The minimum Gasteiger partial charge on any atom is -0.490 e. The van der Waals surface area contributed by atoms with Crippen molar-refractivity contribution in [3.8, 4) is 11.5 Å². The van der Waals surface area contributed by atoms with Crippen LogP contribution in [0.25, 0.3) is 0 Å². The Morgan fingerprint density at radius 3 is 1.47 bits per heavy atom. The second kappa shape index (κ2) is 11.2. The van der Waals surface area contributed by atoms with Crippen molar-refractivity contribution in [3.05, 3.63) is 58.7 Å². The molecule has 0 saturated heterocycles. The fourth-order valence-electron chi connectivity index (χ4n) is 3.63. The highest BCUT2D eigenvalue weighted by Crippen LogP contribution is 2.30. The highest BCUT2D eigenvalue weighted by atomic mass is 19.2. The van der Waals surface area contributed by atoms with Crippen LogP contribution in [0.5, 0.6) is 11.5 Å². The van der Waals surface area contributed by atoms with Gasteiger partial charge in [0.25, 0.3) is 0 Å². The summed E-state index contributed by atoms with van der Waals surface area (Å²) in [5.41, 5.74) is -1.08. The molecule has 194 valence electrons. The Labute approximate surface area is 205 Å². The molecule has 0 amide bonds. The van der Waals surface area contributed by atoms with Gasteiger partial charge < -0.3 is 19.3 Å². The zero-order chi connectivity index (χ0) is 25.8. The van der Waals surface area contributed by atoms with Gasteiger partial charge in [-0.1, -0.05) is 0 Å². The number of aromatic carboxylic acids is 1. The maximum atomic E-state index is 13.7. The minimum atomic E-state index is -1.50. The Morgan fingerprint density at radius 2 is 1.08 bits per heavy atom. The van der Waals surface area contributed by atoms with Crippen molar-refractivity contribution in [1.82, 2.24) is 0 Å². The zero-order valence-corrected chi connectivity index (χ0v) is 19.4. The number of carboxylic acid groups (broad SMARTS) is 1. The maximum Gasteiger partial charge on any atom is 0.341 e. The smallest absolute Gasteiger partial charge is 0.341 e. The van der Waals surface area contributed by atoms with Gasteiger partial charge in [0, 0.05) is 12.1 Å². The van der Waals surface area contributed by atoms with Crippen LogP contribution < -0.4 is 9.47 Å². The molecule has 10 heteroatoms. The van der Waals surface area contributed by atoms with Crippen LogP contribution in [0.15, 0.2) is 24.3 Å². The third-order valence-corrected chi connectivity index (χ3v) is 6.49. The van der Waals surface area contributed by atoms with E-state index in [2.05, 4.69) is 0 Å². The van der Waals surface area contributed by atoms with Crippen LogP contribution in [0.1, 0.15) is 78.5 Å². The fourth-order valence-corrected chi connectivity index (χ4v) is 3.63. The molecular formula is C26H26F4O6. The zero-order valence-electron chi connectivity index (χ0n) is 19.4. The van der Waals surface area contributed by atoms with E-state index in [9.17, 15) is 27.2 Å². The number of rotatable bonds is 7. The van der Waals surface area contributed by atoms with E-state index in [4.69, 9.17) is 19.3 Å². The van der Waals surface area contributed by atoms with Gasteiger partial charge in [0.2, 0.25) is 0 Å². The van der Waals surface area contributed by atoms with E-state index < -0.39 is 40.8 Å². The molecule has 0 spiro atoms. The summed E-state index contributed by atoms with van der Waals surface area (Å²) < 4.78 is 69.3. The lowest BCUT2D eigenvalue weighted by atomic mass is 9.96. The van der Waals surface area contributed by atoms with Gasteiger partial charge in [0.1, 0.15) is 28.7 Å². The summed E-state index contributed by atoms with van der Waals surface area (Å²) in [6, 6.07) is 4.10. The molecular weight excluding hydrogens is 484 g/mol. The Morgan fingerprint density at radius 1 is 0.667 bits per heavy atom. The molecule has 3 aliphatic rings. The Bertz CT molecular complexity index is 1130. The predicted molar refractivity (Wildman–Crippen MR) is 119 cm³/mol. The van der Waals surface area contributed by atoms with Gasteiger partial charge in [-0.05, 0) is 69.9 Å². The molecule has 2 aromatic carbocycles. The van der Waals surface area contributed by atoms with E-state index >= 15 is 0 Å². The van der Waals surface area contributed by atoms with Crippen molar-refractivity contribution in [2.75, 3.05) is 0 Å². The first kappa shape index (κ1) is 25.8. The summed E-state index contributed by atoms with van der Waals surface area (Å²) in [5, 5.41) is 8.66. The summed E-state index contributed by atoms with van der Waals surface area (Å²) >= 11 is 0. The molecule has 0 heterocycles. The summed E-state index contributed by atoms with van der Waals surface area (Å²) in [7, 11) is 0. The average Bonchev–Trinajstić information content (AvgIpc) is 2.75. The third-order valence-electron chi connectivity index (χ3n) is 6.49. The standard InChI is InChI=1S/C15H16F2O3.C11H10F2O3/c16-13-8-11(19-9-3-1-4-9)7-12(14(13)17)15(18)20-10-5-2-6-10;12-9-5-7(16-6-2-1-3-6)4-8(10(9)13)11(14)15/h7-10H,1-6H2;4-6H,1-3H2,(H,14,15). The van der Waals surface area contributed by atoms with E-state index in [1.165, 1.54) is 6.07 Å². The van der Waals surface area contributed by atoms with Gasteiger partial charge in [-0.3, -0.25) is 0 Å². The lowest BCUT2D eigenvalue weighted by Crippen LogP contribution is -2.26. The first-order valence-corrected chi connectivity index (χ1v) is 12.0. The highest BCUT2D eigenvalue weighted by molar-refractivity contribution is 5.90. The van der Waals surface area contributed by atoms with E-state index in [1.807, 2.05) is 0 Å². The lowest BCUT2D eigenvalue weighted by Gasteiger charge is -2.27. The molecule has 1 N–H and O–H groups in total. The van der Waals surface area contributed by atoms with Gasteiger partial charge >= 0.3 is 11.9 Å². The number of carbonyl (C=O) groups excluding carboxylic acids is 1. The van der Waals surface area contributed by atoms with Gasteiger partial charge in [-0.2, -0.15) is 0 Å². The van der Waals surface area contributed by atoms with Crippen molar-refractivity contribution in [2.24, 2.45) is 0 Å². The second-order valence-corrected chi connectivity index (χ2v) is 9.14. The largest absolute Gasteiger partial charge is 0.490 e. The van der Waals surface area contributed by atoms with Gasteiger partial charge in [-0.15, -0.1) is 0 Å². The molecule has 0 unspecified atom stereocenters. The number of hydrogen-bond acceptors (Lipinski definition) is 5. The van der Waals surface area contributed by atoms with Crippen molar-refractivity contribution in [3.63, 3.8) is 0 Å². The summed E-state index contributed by atoms with van der Waals surface area (Å²) in [6.07, 6.45) is 8.08. The summed E-state index contributed by atoms with van der Waals surface area (Å²) in [6.45, 7) is 0. The topological polar surface area (TPSA) is 82.1 Å². The normalized spacial score (nSPS) is 17.6. The number of ether oxygens (including phenoxy) is 3. The monoisotopic (exact) mass is 510 g/mol. The van der Waals surface area contributed by atoms with Crippen LogP contribution in [0.3, 0.4) is 0 Å². The molecule has 2 aromatic rings. The van der Waals surface area contributed by atoms with Crippen molar-refractivity contribution < 1.29 is 46.5 Å². The van der Waals surface area contributed by atoms with Crippen molar-refractivity contribution in [2.45, 2.75) is 76.1 Å². The molecule has 3 saturated carbocycles.